The van der Waals surface area contributed by atoms with Gasteiger partial charge in [0, 0.05) is 0 Å². The molecule has 0 aromatic heterocycles. The molecule has 0 aromatic rings. The van der Waals surface area contributed by atoms with Crippen LogP contribution >= 0.6 is 0 Å². The van der Waals surface area contributed by atoms with Crippen LogP contribution in [0.2, 0.25) is 0 Å². The van der Waals surface area contributed by atoms with E-state index in [-0.39, 0.29) is 5.92 Å². The van der Waals surface area contributed by atoms with Crippen LogP contribution in [-0.2, 0) is 0 Å². The van der Waals surface area contributed by atoms with Crippen molar-refractivity contribution in [3.63, 3.8) is 0 Å². The number of aliphatic hydroxyl groups excluding tert-OH is 2. The molecule has 0 radical (unpaired) electrons. The average molecular weight is 174 g/mol. The number of hydrogen-bond acceptors (Lipinski definition) is 2. The second kappa shape index (κ2) is 5.55. The molecule has 3 atom stereocenters. The molecule has 0 aromatic carbocycles. The average Bonchev–Trinajstić information content (AvgIpc) is 2.00. The van der Waals surface area contributed by atoms with Gasteiger partial charge in [0.1, 0.15) is 0 Å². The van der Waals surface area contributed by atoms with Crippen molar-refractivity contribution >= 4 is 0 Å². The highest BCUT2D eigenvalue weighted by atomic mass is 16.3. The van der Waals surface area contributed by atoms with Crippen LogP contribution in [0.15, 0.2) is 0 Å². The lowest BCUT2D eigenvalue weighted by Gasteiger charge is -2.24. The van der Waals surface area contributed by atoms with Gasteiger partial charge in [-0.1, -0.05) is 34.1 Å². The van der Waals surface area contributed by atoms with E-state index in [0.717, 1.165) is 6.42 Å². The van der Waals surface area contributed by atoms with Gasteiger partial charge in [-0.05, 0) is 18.3 Å². The summed E-state index contributed by atoms with van der Waals surface area (Å²) in [5.74, 6) is 0.637. The summed E-state index contributed by atoms with van der Waals surface area (Å²) in [6, 6.07) is 0. The van der Waals surface area contributed by atoms with E-state index in [2.05, 4.69) is 0 Å². The molecule has 0 amide bonds. The summed E-state index contributed by atoms with van der Waals surface area (Å²) >= 11 is 0. The molecule has 0 fully saturated rings. The highest BCUT2D eigenvalue weighted by Gasteiger charge is 2.21. The van der Waals surface area contributed by atoms with Crippen molar-refractivity contribution in [1.82, 2.24) is 0 Å². The van der Waals surface area contributed by atoms with E-state index >= 15 is 0 Å². The molecule has 2 heteroatoms. The minimum atomic E-state index is -0.558. The van der Waals surface area contributed by atoms with Gasteiger partial charge in [0.25, 0.3) is 0 Å². The van der Waals surface area contributed by atoms with Gasteiger partial charge in [-0.25, -0.2) is 0 Å². The third kappa shape index (κ3) is 4.07. The van der Waals surface area contributed by atoms with Gasteiger partial charge in [0.05, 0.1) is 12.2 Å². The van der Waals surface area contributed by atoms with Crippen LogP contribution in [0.3, 0.4) is 0 Å². The van der Waals surface area contributed by atoms with E-state index < -0.39 is 12.2 Å². The highest BCUT2D eigenvalue weighted by Crippen LogP contribution is 2.16. The summed E-state index contributed by atoms with van der Waals surface area (Å²) in [4.78, 5) is 0. The lowest BCUT2D eigenvalue weighted by atomic mass is 9.92. The second-order valence-corrected chi connectivity index (χ2v) is 4.07. The zero-order valence-corrected chi connectivity index (χ0v) is 8.62. The van der Waals surface area contributed by atoms with E-state index in [1.807, 2.05) is 27.7 Å². The fraction of sp³-hybridized carbons (Fsp3) is 1.00. The predicted octanol–water partition coefficient (Wildman–Crippen LogP) is 1.80. The maximum absolute atomic E-state index is 9.59. The molecule has 74 valence electrons. The first-order valence-electron chi connectivity index (χ1n) is 4.85. The van der Waals surface area contributed by atoms with Gasteiger partial charge in [-0.2, -0.15) is 0 Å². The zero-order chi connectivity index (χ0) is 9.72. The molecule has 2 N–H and O–H groups in total. The quantitative estimate of drug-likeness (QED) is 0.667. The predicted molar refractivity (Wildman–Crippen MR) is 50.9 cm³/mol. The minimum absolute atomic E-state index is 0.193. The molecule has 0 saturated carbocycles. The third-order valence-corrected chi connectivity index (χ3v) is 2.33. The molecule has 3 unspecified atom stereocenters. The summed E-state index contributed by atoms with van der Waals surface area (Å²) in [6.07, 6.45) is 0.485. The van der Waals surface area contributed by atoms with Crippen molar-refractivity contribution in [3.05, 3.63) is 0 Å². The lowest BCUT2D eigenvalue weighted by molar-refractivity contribution is -0.0231. The van der Waals surface area contributed by atoms with Crippen LogP contribution in [0.25, 0.3) is 0 Å². The molecule has 2 nitrogen and oxygen atoms in total. The standard InChI is InChI=1S/C10H22O2/c1-5-8(4)10(12)9(11)6-7(2)3/h7-12H,5-6H2,1-4H3. The first-order chi connectivity index (χ1) is 5.49. The van der Waals surface area contributed by atoms with Crippen LogP contribution in [-0.4, -0.2) is 22.4 Å². The summed E-state index contributed by atoms with van der Waals surface area (Å²) in [5, 5.41) is 19.1. The molecular weight excluding hydrogens is 152 g/mol. The Balaban J connectivity index is 3.83. The third-order valence-electron chi connectivity index (χ3n) is 2.33. The molecule has 0 spiro atoms. The second-order valence-electron chi connectivity index (χ2n) is 4.07. The summed E-state index contributed by atoms with van der Waals surface area (Å²) < 4.78 is 0. The Morgan fingerprint density at radius 3 is 1.92 bits per heavy atom. The van der Waals surface area contributed by atoms with Crippen molar-refractivity contribution in [2.45, 2.75) is 52.7 Å². The van der Waals surface area contributed by atoms with Gasteiger partial charge in [0.2, 0.25) is 0 Å². The summed E-state index contributed by atoms with van der Waals surface area (Å²) in [5.41, 5.74) is 0. The number of hydrogen-bond donors (Lipinski definition) is 2. The van der Waals surface area contributed by atoms with Crippen molar-refractivity contribution in [1.29, 1.82) is 0 Å². The van der Waals surface area contributed by atoms with E-state index in [0.29, 0.717) is 12.3 Å². The van der Waals surface area contributed by atoms with Crippen LogP contribution < -0.4 is 0 Å². The van der Waals surface area contributed by atoms with E-state index in [1.165, 1.54) is 0 Å². The topological polar surface area (TPSA) is 40.5 Å². The van der Waals surface area contributed by atoms with Gasteiger partial charge in [-0.3, -0.25) is 0 Å². The Kier molecular flexibility index (Phi) is 5.51. The molecular formula is C10H22O2. The van der Waals surface area contributed by atoms with Gasteiger partial charge >= 0.3 is 0 Å². The van der Waals surface area contributed by atoms with Gasteiger partial charge in [-0.15, -0.1) is 0 Å². The minimum Gasteiger partial charge on any atom is -0.390 e. The Morgan fingerprint density at radius 2 is 1.58 bits per heavy atom. The van der Waals surface area contributed by atoms with Crippen molar-refractivity contribution in [3.8, 4) is 0 Å². The van der Waals surface area contributed by atoms with Crippen molar-refractivity contribution < 1.29 is 10.2 Å². The first kappa shape index (κ1) is 11.9. The molecule has 0 bridgehead atoms. The highest BCUT2D eigenvalue weighted by molar-refractivity contribution is 4.72. The Morgan fingerprint density at radius 1 is 1.08 bits per heavy atom. The fourth-order valence-corrected chi connectivity index (χ4v) is 1.24. The van der Waals surface area contributed by atoms with Gasteiger partial charge < -0.3 is 10.2 Å². The molecule has 0 saturated heterocycles. The Bertz CT molecular complexity index is 112. The van der Waals surface area contributed by atoms with Crippen LogP contribution in [0.4, 0.5) is 0 Å². The van der Waals surface area contributed by atoms with Crippen molar-refractivity contribution in [2.24, 2.45) is 11.8 Å². The molecule has 12 heavy (non-hydrogen) atoms. The van der Waals surface area contributed by atoms with Crippen LogP contribution in [0.5, 0.6) is 0 Å². The number of rotatable bonds is 5. The maximum atomic E-state index is 9.59. The van der Waals surface area contributed by atoms with Gasteiger partial charge in [0.15, 0.2) is 0 Å². The maximum Gasteiger partial charge on any atom is 0.0824 e. The molecule has 0 heterocycles. The van der Waals surface area contributed by atoms with Crippen molar-refractivity contribution in [2.75, 3.05) is 0 Å². The fourth-order valence-electron chi connectivity index (χ4n) is 1.24. The normalized spacial score (nSPS) is 19.2. The Labute approximate surface area is 75.6 Å². The Hall–Kier alpha value is -0.0800. The lowest BCUT2D eigenvalue weighted by Crippen LogP contribution is -2.32. The zero-order valence-electron chi connectivity index (χ0n) is 8.62. The van der Waals surface area contributed by atoms with E-state index in [9.17, 15) is 10.2 Å². The van der Waals surface area contributed by atoms with E-state index in [1.54, 1.807) is 0 Å². The van der Waals surface area contributed by atoms with Crippen LogP contribution in [0, 0.1) is 11.8 Å². The molecule has 0 aliphatic carbocycles. The molecule has 0 aliphatic rings. The molecule has 0 aliphatic heterocycles. The van der Waals surface area contributed by atoms with E-state index in [4.69, 9.17) is 0 Å². The molecule has 0 rings (SSSR count). The largest absolute Gasteiger partial charge is 0.390 e. The number of aliphatic hydroxyl groups is 2. The SMILES string of the molecule is CCC(C)C(O)C(O)CC(C)C. The first-order valence-corrected chi connectivity index (χ1v) is 4.85. The summed E-state index contributed by atoms with van der Waals surface area (Å²) in [7, 11) is 0. The summed E-state index contributed by atoms with van der Waals surface area (Å²) in [6.45, 7) is 8.09. The van der Waals surface area contributed by atoms with Crippen LogP contribution in [0.1, 0.15) is 40.5 Å². The monoisotopic (exact) mass is 174 g/mol. The smallest absolute Gasteiger partial charge is 0.0824 e.